The van der Waals surface area contributed by atoms with Crippen molar-refractivity contribution in [3.8, 4) is 11.6 Å². The standard InChI is InChI=1S/C8H8N4O2/c9-12-11-4-6-5-13-8-7(14-6)2-1-3-10-8/h1-3,6H,4-5H2/t6-/m1/s1. The predicted octanol–water partition coefficient (Wildman–Crippen LogP) is 1.53. The first kappa shape index (κ1) is 8.65. The molecule has 0 bridgehead atoms. The van der Waals surface area contributed by atoms with Crippen LogP contribution in [0.1, 0.15) is 0 Å². The van der Waals surface area contributed by atoms with Gasteiger partial charge in [0, 0.05) is 11.1 Å². The van der Waals surface area contributed by atoms with Gasteiger partial charge in [-0.15, -0.1) is 0 Å². The Morgan fingerprint density at radius 2 is 2.64 bits per heavy atom. The number of fused-ring (bicyclic) bond motifs is 1. The fourth-order valence-corrected chi connectivity index (χ4v) is 1.18. The lowest BCUT2D eigenvalue weighted by Gasteiger charge is -2.23. The van der Waals surface area contributed by atoms with Crippen LogP contribution in [0, 0.1) is 0 Å². The third kappa shape index (κ3) is 1.70. The van der Waals surface area contributed by atoms with E-state index in [-0.39, 0.29) is 12.6 Å². The Morgan fingerprint density at radius 1 is 1.71 bits per heavy atom. The zero-order valence-corrected chi connectivity index (χ0v) is 7.33. The topological polar surface area (TPSA) is 80.1 Å². The number of nitrogens with zero attached hydrogens (tertiary/aromatic N) is 4. The lowest BCUT2D eigenvalue weighted by atomic mass is 10.3. The number of rotatable bonds is 2. The van der Waals surface area contributed by atoms with Crippen molar-refractivity contribution in [3.05, 3.63) is 28.8 Å². The number of azide groups is 1. The molecule has 1 aromatic heterocycles. The van der Waals surface area contributed by atoms with Crippen LogP contribution in [0.2, 0.25) is 0 Å². The minimum absolute atomic E-state index is 0.220. The molecule has 72 valence electrons. The molecule has 6 nitrogen and oxygen atoms in total. The SMILES string of the molecule is [N-]=[N+]=NC[C@@H]1COc2ncccc2O1. The van der Waals surface area contributed by atoms with E-state index in [2.05, 4.69) is 15.0 Å². The van der Waals surface area contributed by atoms with Crippen molar-refractivity contribution < 1.29 is 9.47 Å². The fourth-order valence-electron chi connectivity index (χ4n) is 1.18. The first-order chi connectivity index (χ1) is 6.90. The van der Waals surface area contributed by atoms with Gasteiger partial charge in [-0.05, 0) is 17.7 Å². The van der Waals surface area contributed by atoms with Crippen LogP contribution < -0.4 is 9.47 Å². The molecule has 0 aliphatic carbocycles. The minimum Gasteiger partial charge on any atom is -0.481 e. The maximum absolute atomic E-state index is 8.14. The summed E-state index contributed by atoms with van der Waals surface area (Å²) >= 11 is 0. The number of aromatic nitrogens is 1. The van der Waals surface area contributed by atoms with Gasteiger partial charge in [0.05, 0.1) is 6.54 Å². The Morgan fingerprint density at radius 3 is 3.50 bits per heavy atom. The monoisotopic (exact) mass is 192 g/mol. The highest BCUT2D eigenvalue weighted by Gasteiger charge is 2.20. The lowest BCUT2D eigenvalue weighted by molar-refractivity contribution is 0.0919. The summed E-state index contributed by atoms with van der Waals surface area (Å²) in [7, 11) is 0. The second kappa shape index (κ2) is 3.85. The molecule has 6 heteroatoms. The van der Waals surface area contributed by atoms with Gasteiger partial charge < -0.3 is 9.47 Å². The third-order valence-electron chi connectivity index (χ3n) is 1.78. The Balaban J connectivity index is 2.09. The molecule has 0 saturated heterocycles. The molecule has 1 aromatic rings. The number of hydrogen-bond donors (Lipinski definition) is 0. The maximum Gasteiger partial charge on any atom is 0.257 e. The molecule has 1 atom stereocenters. The summed E-state index contributed by atoms with van der Waals surface area (Å²) in [5.74, 6) is 1.08. The van der Waals surface area contributed by atoms with E-state index in [1.54, 1.807) is 18.3 Å². The van der Waals surface area contributed by atoms with Crippen LogP contribution in [0.15, 0.2) is 23.4 Å². The van der Waals surface area contributed by atoms with Crippen molar-refractivity contribution in [2.24, 2.45) is 5.11 Å². The van der Waals surface area contributed by atoms with Gasteiger partial charge in [-0.3, -0.25) is 0 Å². The molecular weight excluding hydrogens is 184 g/mol. The van der Waals surface area contributed by atoms with Gasteiger partial charge in [0.15, 0.2) is 5.75 Å². The van der Waals surface area contributed by atoms with Gasteiger partial charge in [-0.1, -0.05) is 5.11 Å². The van der Waals surface area contributed by atoms with Crippen LogP contribution in [0.5, 0.6) is 11.6 Å². The van der Waals surface area contributed by atoms with Crippen LogP contribution in [0.25, 0.3) is 10.4 Å². The summed E-state index contributed by atoms with van der Waals surface area (Å²) in [6, 6.07) is 3.53. The van der Waals surface area contributed by atoms with Gasteiger partial charge in [0.25, 0.3) is 5.88 Å². The van der Waals surface area contributed by atoms with E-state index in [9.17, 15) is 0 Å². The summed E-state index contributed by atoms with van der Waals surface area (Å²) in [6.45, 7) is 0.633. The molecule has 0 saturated carbocycles. The predicted molar refractivity (Wildman–Crippen MR) is 48.2 cm³/mol. The number of pyridine rings is 1. The first-order valence-electron chi connectivity index (χ1n) is 4.15. The van der Waals surface area contributed by atoms with Gasteiger partial charge in [-0.25, -0.2) is 4.98 Å². The van der Waals surface area contributed by atoms with E-state index < -0.39 is 0 Å². The lowest BCUT2D eigenvalue weighted by Crippen LogP contribution is -2.31. The van der Waals surface area contributed by atoms with Crippen LogP contribution in [-0.2, 0) is 0 Å². The van der Waals surface area contributed by atoms with Crippen molar-refractivity contribution in [1.82, 2.24) is 4.98 Å². The van der Waals surface area contributed by atoms with Crippen molar-refractivity contribution in [3.63, 3.8) is 0 Å². The summed E-state index contributed by atoms with van der Waals surface area (Å²) in [5.41, 5.74) is 8.14. The maximum atomic E-state index is 8.14. The molecule has 1 aliphatic rings. The average molecular weight is 192 g/mol. The van der Waals surface area contributed by atoms with Crippen LogP contribution in [-0.4, -0.2) is 24.2 Å². The molecule has 0 unspecified atom stereocenters. The highest BCUT2D eigenvalue weighted by Crippen LogP contribution is 2.28. The molecule has 0 amide bonds. The molecule has 0 N–H and O–H groups in total. The fraction of sp³-hybridized carbons (Fsp3) is 0.375. The van der Waals surface area contributed by atoms with Crippen molar-refractivity contribution in [2.45, 2.75) is 6.10 Å². The zero-order chi connectivity index (χ0) is 9.80. The third-order valence-corrected chi connectivity index (χ3v) is 1.78. The Hall–Kier alpha value is -1.94. The average Bonchev–Trinajstić information content (AvgIpc) is 2.26. The quantitative estimate of drug-likeness (QED) is 0.405. The molecule has 2 rings (SSSR count). The summed E-state index contributed by atoms with van der Waals surface area (Å²) in [5, 5.41) is 3.42. The Kier molecular flexibility index (Phi) is 2.38. The van der Waals surface area contributed by atoms with Crippen molar-refractivity contribution >= 4 is 0 Å². The van der Waals surface area contributed by atoms with E-state index in [0.29, 0.717) is 18.2 Å². The van der Waals surface area contributed by atoms with E-state index in [0.717, 1.165) is 0 Å². The van der Waals surface area contributed by atoms with E-state index in [1.807, 2.05) is 0 Å². The summed E-state index contributed by atoms with van der Waals surface area (Å²) < 4.78 is 10.8. The van der Waals surface area contributed by atoms with Gasteiger partial charge in [0.2, 0.25) is 0 Å². The van der Waals surface area contributed by atoms with Gasteiger partial charge in [0.1, 0.15) is 12.7 Å². The second-order valence-electron chi connectivity index (χ2n) is 2.77. The molecule has 0 radical (unpaired) electrons. The molecule has 1 aliphatic heterocycles. The minimum atomic E-state index is -0.220. The van der Waals surface area contributed by atoms with Crippen LogP contribution in [0.3, 0.4) is 0 Å². The largest absolute Gasteiger partial charge is 0.481 e. The Bertz CT molecular complexity index is 375. The van der Waals surface area contributed by atoms with E-state index in [4.69, 9.17) is 15.0 Å². The van der Waals surface area contributed by atoms with Crippen LogP contribution >= 0.6 is 0 Å². The first-order valence-corrected chi connectivity index (χ1v) is 4.15. The highest BCUT2D eigenvalue weighted by atomic mass is 16.6. The molecule has 0 fully saturated rings. The van der Waals surface area contributed by atoms with Gasteiger partial charge >= 0.3 is 0 Å². The molecule has 2 heterocycles. The van der Waals surface area contributed by atoms with Crippen LogP contribution in [0.4, 0.5) is 0 Å². The van der Waals surface area contributed by atoms with Crippen molar-refractivity contribution in [1.29, 1.82) is 0 Å². The number of ether oxygens (including phenoxy) is 2. The second-order valence-corrected chi connectivity index (χ2v) is 2.77. The van der Waals surface area contributed by atoms with Crippen molar-refractivity contribution in [2.75, 3.05) is 13.2 Å². The molecule has 0 spiro atoms. The summed E-state index contributed by atoms with van der Waals surface area (Å²) in [4.78, 5) is 6.64. The normalized spacial score (nSPS) is 18.4. The zero-order valence-electron chi connectivity index (χ0n) is 7.33. The smallest absolute Gasteiger partial charge is 0.257 e. The van der Waals surface area contributed by atoms with E-state index in [1.165, 1.54) is 0 Å². The summed E-state index contributed by atoms with van der Waals surface area (Å²) in [6.07, 6.45) is 1.42. The molecule has 0 aromatic carbocycles. The highest BCUT2D eigenvalue weighted by molar-refractivity contribution is 5.34. The number of hydrogen-bond acceptors (Lipinski definition) is 4. The molecule has 14 heavy (non-hydrogen) atoms. The molecular formula is C8H8N4O2. The van der Waals surface area contributed by atoms with Gasteiger partial charge in [-0.2, -0.15) is 0 Å². The van der Waals surface area contributed by atoms with E-state index >= 15 is 0 Å². The Labute approximate surface area is 80.1 Å².